The van der Waals surface area contributed by atoms with Crippen molar-refractivity contribution in [2.75, 3.05) is 0 Å². The Hall–Kier alpha value is -1.75. The molecule has 0 aliphatic rings. The van der Waals surface area contributed by atoms with Gasteiger partial charge in [-0.05, 0) is 23.3 Å². The van der Waals surface area contributed by atoms with Crippen LogP contribution in [0, 0.1) is 0 Å². The number of hydrogen-bond acceptors (Lipinski definition) is 4. The minimum absolute atomic E-state index is 0.00966. The molecule has 0 radical (unpaired) electrons. The van der Waals surface area contributed by atoms with Crippen LogP contribution in [0.15, 0.2) is 49.1 Å². The predicted molar refractivity (Wildman–Crippen MR) is 64.8 cm³/mol. The number of nitrogens with zero attached hydrogens (tertiary/aromatic N) is 2. The molecule has 2 aromatic heterocycles. The van der Waals surface area contributed by atoms with E-state index < -0.39 is 9.84 Å². The van der Waals surface area contributed by atoms with Crippen LogP contribution in [0.4, 0.5) is 0 Å². The van der Waals surface area contributed by atoms with Gasteiger partial charge in [0.15, 0.2) is 9.84 Å². The van der Waals surface area contributed by atoms with Crippen molar-refractivity contribution in [2.45, 2.75) is 11.5 Å². The molecule has 2 rings (SSSR count). The van der Waals surface area contributed by atoms with E-state index in [1.807, 2.05) is 0 Å². The van der Waals surface area contributed by atoms with Gasteiger partial charge in [-0.1, -0.05) is 12.1 Å². The first-order chi connectivity index (χ1) is 8.16. The molecule has 2 heterocycles. The molecular formula is C12H12N2O2S. The Bertz CT molecular complexity index is 520. The van der Waals surface area contributed by atoms with Gasteiger partial charge in [0, 0.05) is 24.8 Å². The van der Waals surface area contributed by atoms with Gasteiger partial charge < -0.3 is 0 Å². The Balaban J connectivity index is 2.11. The summed E-state index contributed by atoms with van der Waals surface area (Å²) in [6.07, 6.45) is 6.38. The SMILES string of the molecule is O=S(=O)(Cc1cccnc1)Cc1cccnc1. The number of aromatic nitrogens is 2. The molecule has 0 saturated heterocycles. The van der Waals surface area contributed by atoms with Crippen molar-refractivity contribution in [3.8, 4) is 0 Å². The van der Waals surface area contributed by atoms with Gasteiger partial charge in [-0.25, -0.2) is 8.42 Å². The van der Waals surface area contributed by atoms with Crippen LogP contribution in [0.2, 0.25) is 0 Å². The lowest BCUT2D eigenvalue weighted by molar-refractivity contribution is 0.594. The average Bonchev–Trinajstić information content (AvgIpc) is 2.30. The molecule has 0 aliphatic heterocycles. The van der Waals surface area contributed by atoms with Crippen molar-refractivity contribution in [1.82, 2.24) is 9.97 Å². The maximum atomic E-state index is 11.9. The van der Waals surface area contributed by atoms with Crippen LogP contribution in [0.1, 0.15) is 11.1 Å². The molecule has 0 saturated carbocycles. The van der Waals surface area contributed by atoms with E-state index in [9.17, 15) is 8.42 Å². The lowest BCUT2D eigenvalue weighted by Crippen LogP contribution is -2.07. The molecule has 2 aromatic rings. The van der Waals surface area contributed by atoms with Crippen LogP contribution >= 0.6 is 0 Å². The normalized spacial score (nSPS) is 11.3. The van der Waals surface area contributed by atoms with Gasteiger partial charge in [-0.3, -0.25) is 9.97 Å². The summed E-state index contributed by atoms with van der Waals surface area (Å²) in [6, 6.07) is 6.98. The van der Waals surface area contributed by atoms with E-state index in [1.165, 1.54) is 0 Å². The number of sulfone groups is 1. The number of pyridine rings is 2. The summed E-state index contributed by atoms with van der Waals surface area (Å²) in [5.74, 6) is 0.0193. The molecule has 0 atom stereocenters. The quantitative estimate of drug-likeness (QED) is 0.824. The molecule has 0 bridgehead atoms. The summed E-state index contributed by atoms with van der Waals surface area (Å²) in [5.41, 5.74) is 1.41. The maximum absolute atomic E-state index is 11.9. The van der Waals surface area contributed by atoms with Gasteiger partial charge in [0.25, 0.3) is 0 Å². The molecule has 0 fully saturated rings. The number of hydrogen-bond donors (Lipinski definition) is 0. The van der Waals surface area contributed by atoms with E-state index in [0.717, 1.165) is 0 Å². The minimum atomic E-state index is -3.17. The Morgan fingerprint density at radius 3 is 1.71 bits per heavy atom. The van der Waals surface area contributed by atoms with Crippen molar-refractivity contribution in [3.63, 3.8) is 0 Å². The Morgan fingerprint density at radius 1 is 0.882 bits per heavy atom. The minimum Gasteiger partial charge on any atom is -0.264 e. The van der Waals surface area contributed by atoms with Gasteiger partial charge in [-0.15, -0.1) is 0 Å². The molecule has 17 heavy (non-hydrogen) atoms. The molecule has 5 heteroatoms. The third-order valence-electron chi connectivity index (χ3n) is 2.22. The molecule has 0 N–H and O–H groups in total. The van der Waals surface area contributed by atoms with Gasteiger partial charge in [-0.2, -0.15) is 0 Å². The second-order valence-electron chi connectivity index (χ2n) is 3.75. The molecule has 0 unspecified atom stereocenters. The molecule has 4 nitrogen and oxygen atoms in total. The highest BCUT2D eigenvalue weighted by Crippen LogP contribution is 2.10. The summed E-state index contributed by atoms with van der Waals surface area (Å²) >= 11 is 0. The zero-order valence-corrected chi connectivity index (χ0v) is 9.97. The largest absolute Gasteiger partial charge is 0.264 e. The molecule has 0 aromatic carbocycles. The fourth-order valence-electron chi connectivity index (χ4n) is 1.53. The summed E-state index contributed by atoms with van der Waals surface area (Å²) in [4.78, 5) is 7.80. The van der Waals surface area contributed by atoms with E-state index in [4.69, 9.17) is 0 Å². The first kappa shape index (κ1) is 11.7. The monoisotopic (exact) mass is 248 g/mol. The van der Waals surface area contributed by atoms with Crippen LogP contribution in [0.25, 0.3) is 0 Å². The molecule has 88 valence electrons. The Kier molecular flexibility index (Phi) is 3.49. The fourth-order valence-corrected chi connectivity index (χ4v) is 2.99. The third-order valence-corrected chi connectivity index (χ3v) is 3.77. The molecular weight excluding hydrogens is 236 g/mol. The zero-order valence-electron chi connectivity index (χ0n) is 9.15. The first-order valence-corrected chi connectivity index (χ1v) is 6.96. The molecule has 0 amide bonds. The summed E-state index contributed by atoms with van der Waals surface area (Å²) in [7, 11) is -3.17. The summed E-state index contributed by atoms with van der Waals surface area (Å²) < 4.78 is 23.8. The highest BCUT2D eigenvalue weighted by atomic mass is 32.2. The predicted octanol–water partition coefficient (Wildman–Crippen LogP) is 1.59. The van der Waals surface area contributed by atoms with E-state index in [1.54, 1.807) is 49.1 Å². The van der Waals surface area contributed by atoms with Crippen LogP contribution in [0.3, 0.4) is 0 Å². The summed E-state index contributed by atoms with van der Waals surface area (Å²) in [6.45, 7) is 0. The van der Waals surface area contributed by atoms with Crippen molar-refractivity contribution in [3.05, 3.63) is 60.2 Å². The van der Waals surface area contributed by atoms with Gasteiger partial charge in [0.2, 0.25) is 0 Å². The van der Waals surface area contributed by atoms with E-state index in [-0.39, 0.29) is 11.5 Å². The van der Waals surface area contributed by atoms with Crippen molar-refractivity contribution in [1.29, 1.82) is 0 Å². The van der Waals surface area contributed by atoms with Gasteiger partial charge in [0.05, 0.1) is 11.5 Å². The third kappa shape index (κ3) is 3.64. The highest BCUT2D eigenvalue weighted by Gasteiger charge is 2.13. The van der Waals surface area contributed by atoms with Crippen molar-refractivity contribution >= 4 is 9.84 Å². The van der Waals surface area contributed by atoms with Gasteiger partial charge in [0.1, 0.15) is 0 Å². The van der Waals surface area contributed by atoms with E-state index in [2.05, 4.69) is 9.97 Å². The Morgan fingerprint density at radius 2 is 1.35 bits per heavy atom. The van der Waals surface area contributed by atoms with Crippen LogP contribution in [-0.2, 0) is 21.3 Å². The lowest BCUT2D eigenvalue weighted by atomic mass is 10.3. The second-order valence-corrected chi connectivity index (χ2v) is 5.82. The van der Waals surface area contributed by atoms with Crippen LogP contribution in [-0.4, -0.2) is 18.4 Å². The highest BCUT2D eigenvalue weighted by molar-refractivity contribution is 7.89. The maximum Gasteiger partial charge on any atom is 0.158 e. The van der Waals surface area contributed by atoms with Crippen LogP contribution in [0.5, 0.6) is 0 Å². The number of rotatable bonds is 4. The van der Waals surface area contributed by atoms with Crippen molar-refractivity contribution in [2.24, 2.45) is 0 Å². The average molecular weight is 248 g/mol. The van der Waals surface area contributed by atoms with E-state index in [0.29, 0.717) is 11.1 Å². The molecule has 0 aliphatic carbocycles. The summed E-state index contributed by atoms with van der Waals surface area (Å²) in [5, 5.41) is 0. The van der Waals surface area contributed by atoms with Crippen molar-refractivity contribution < 1.29 is 8.42 Å². The fraction of sp³-hybridized carbons (Fsp3) is 0.167. The lowest BCUT2D eigenvalue weighted by Gasteiger charge is -2.03. The topological polar surface area (TPSA) is 59.9 Å². The zero-order chi connectivity index (χ0) is 12.1. The standard InChI is InChI=1S/C12H12N2O2S/c15-17(16,9-11-3-1-5-13-7-11)10-12-4-2-6-14-8-12/h1-8H,9-10H2. The Labute approximate surface area is 100 Å². The van der Waals surface area contributed by atoms with Gasteiger partial charge >= 0.3 is 0 Å². The van der Waals surface area contributed by atoms with Crippen LogP contribution < -0.4 is 0 Å². The second kappa shape index (κ2) is 5.05. The smallest absolute Gasteiger partial charge is 0.158 e. The van der Waals surface area contributed by atoms with E-state index >= 15 is 0 Å². The molecule has 0 spiro atoms. The first-order valence-electron chi connectivity index (χ1n) is 5.14.